The molecule has 3 N–H and O–H groups in total. The molecule has 106 valence electrons. The van der Waals surface area contributed by atoms with E-state index in [-0.39, 0.29) is 5.82 Å². The molecule has 0 aliphatic heterocycles. The van der Waals surface area contributed by atoms with Crippen molar-refractivity contribution in [1.82, 2.24) is 5.32 Å². The maximum absolute atomic E-state index is 13.5. The lowest BCUT2D eigenvalue weighted by atomic mass is 10.2. The lowest BCUT2D eigenvalue weighted by Crippen LogP contribution is -2.34. The van der Waals surface area contributed by atoms with Crippen LogP contribution in [0.3, 0.4) is 0 Å². The van der Waals surface area contributed by atoms with E-state index in [1.54, 1.807) is 12.1 Å². The Kier molecular flexibility index (Phi) is 6.71. The van der Waals surface area contributed by atoms with Crippen molar-refractivity contribution in [1.29, 1.82) is 0 Å². The average molecular weight is 266 g/mol. The first-order valence-corrected chi connectivity index (χ1v) is 6.64. The first-order chi connectivity index (χ1) is 9.15. The van der Waals surface area contributed by atoms with Crippen LogP contribution in [0.4, 0.5) is 10.1 Å². The number of nitrogens with one attached hydrogen (secondary N) is 1. The Hall–Kier alpha value is -1.78. The van der Waals surface area contributed by atoms with Crippen LogP contribution in [0.5, 0.6) is 0 Å². The van der Waals surface area contributed by atoms with Gasteiger partial charge in [0.15, 0.2) is 5.96 Å². The molecule has 0 amide bonds. The van der Waals surface area contributed by atoms with Gasteiger partial charge in [-0.25, -0.2) is 4.39 Å². The number of nitrogens with two attached hydrogens (primary N) is 1. The second-order valence-corrected chi connectivity index (χ2v) is 4.42. The minimum atomic E-state index is -0.193. The number of nitrogens with zero attached hydrogens (tertiary/aromatic N) is 2. The number of aliphatic imine (C=N–C) groups is 1. The second-order valence-electron chi connectivity index (χ2n) is 4.42. The largest absolute Gasteiger partial charge is 0.372 e. The van der Waals surface area contributed by atoms with Gasteiger partial charge in [-0.15, -0.1) is 0 Å². The molecule has 1 aromatic rings. The van der Waals surface area contributed by atoms with Crippen LogP contribution in [0.15, 0.2) is 29.3 Å². The summed E-state index contributed by atoms with van der Waals surface area (Å²) in [4.78, 5) is 6.04. The molecule has 0 bridgehead atoms. The third-order valence-electron chi connectivity index (χ3n) is 2.75. The van der Waals surface area contributed by atoms with Crippen molar-refractivity contribution in [3.8, 4) is 0 Å². The number of para-hydroxylation sites is 1. The van der Waals surface area contributed by atoms with E-state index in [4.69, 9.17) is 5.73 Å². The van der Waals surface area contributed by atoms with E-state index < -0.39 is 0 Å². The third-order valence-corrected chi connectivity index (χ3v) is 2.75. The van der Waals surface area contributed by atoms with Crippen molar-refractivity contribution in [2.75, 3.05) is 31.6 Å². The number of hydrogen-bond donors (Lipinski definition) is 2. The molecule has 0 atom stereocenters. The number of rotatable bonds is 7. The van der Waals surface area contributed by atoms with Gasteiger partial charge in [-0.05, 0) is 25.0 Å². The maximum Gasteiger partial charge on any atom is 0.188 e. The SMILES string of the molecule is CCCN=C(N)NCCCN(C)c1ccccc1F. The molecule has 1 aromatic carbocycles. The minimum Gasteiger partial charge on any atom is -0.372 e. The summed E-state index contributed by atoms with van der Waals surface area (Å²) >= 11 is 0. The topological polar surface area (TPSA) is 53.6 Å². The maximum atomic E-state index is 13.5. The summed E-state index contributed by atoms with van der Waals surface area (Å²) in [7, 11) is 1.88. The molecular weight excluding hydrogens is 243 g/mol. The van der Waals surface area contributed by atoms with Crippen LogP contribution in [-0.2, 0) is 0 Å². The summed E-state index contributed by atoms with van der Waals surface area (Å²) in [5.41, 5.74) is 6.30. The van der Waals surface area contributed by atoms with Gasteiger partial charge < -0.3 is 16.0 Å². The Balaban J connectivity index is 2.28. The summed E-state index contributed by atoms with van der Waals surface area (Å²) in [6.07, 6.45) is 1.85. The zero-order valence-corrected chi connectivity index (χ0v) is 11.7. The van der Waals surface area contributed by atoms with Crippen molar-refractivity contribution in [3.05, 3.63) is 30.1 Å². The Morgan fingerprint density at radius 3 is 2.84 bits per heavy atom. The van der Waals surface area contributed by atoms with Crippen LogP contribution in [0.25, 0.3) is 0 Å². The van der Waals surface area contributed by atoms with Crippen LogP contribution in [0.2, 0.25) is 0 Å². The standard InChI is InChI=1S/C14H23FN4/c1-3-9-17-14(16)18-10-6-11-19(2)13-8-5-4-7-12(13)15/h4-5,7-8H,3,6,9-11H2,1-2H3,(H3,16,17,18). The highest BCUT2D eigenvalue weighted by Gasteiger charge is 2.05. The lowest BCUT2D eigenvalue weighted by molar-refractivity contribution is 0.619. The second kappa shape index (κ2) is 8.34. The van der Waals surface area contributed by atoms with Gasteiger partial charge in [0.2, 0.25) is 0 Å². The predicted molar refractivity (Wildman–Crippen MR) is 79.1 cm³/mol. The van der Waals surface area contributed by atoms with Crippen molar-refractivity contribution < 1.29 is 4.39 Å². The molecule has 0 heterocycles. The molecule has 0 aliphatic rings. The van der Waals surface area contributed by atoms with Crippen molar-refractivity contribution >= 4 is 11.6 Å². The normalized spacial score (nSPS) is 11.4. The molecule has 1 rings (SSSR count). The fraction of sp³-hybridized carbons (Fsp3) is 0.500. The molecule has 0 fully saturated rings. The van der Waals surface area contributed by atoms with E-state index in [2.05, 4.69) is 17.2 Å². The first kappa shape index (κ1) is 15.3. The van der Waals surface area contributed by atoms with Crippen molar-refractivity contribution in [2.24, 2.45) is 10.7 Å². The summed E-state index contributed by atoms with van der Waals surface area (Å²) < 4.78 is 13.5. The Labute approximate surface area is 114 Å². The zero-order valence-electron chi connectivity index (χ0n) is 11.7. The molecule has 0 unspecified atom stereocenters. The van der Waals surface area contributed by atoms with Crippen LogP contribution in [0, 0.1) is 5.82 Å². The summed E-state index contributed by atoms with van der Waals surface area (Å²) in [5, 5.41) is 3.05. The molecule has 5 heteroatoms. The van der Waals surface area contributed by atoms with E-state index in [9.17, 15) is 4.39 Å². The van der Waals surface area contributed by atoms with Gasteiger partial charge in [0.05, 0.1) is 5.69 Å². The molecule has 19 heavy (non-hydrogen) atoms. The zero-order chi connectivity index (χ0) is 14.1. The third kappa shape index (κ3) is 5.59. The fourth-order valence-electron chi connectivity index (χ4n) is 1.70. The van der Waals surface area contributed by atoms with E-state index in [0.29, 0.717) is 11.6 Å². The number of halogens is 1. The van der Waals surface area contributed by atoms with Gasteiger partial charge in [-0.1, -0.05) is 19.1 Å². The van der Waals surface area contributed by atoms with Crippen LogP contribution in [0.1, 0.15) is 19.8 Å². The fourth-order valence-corrected chi connectivity index (χ4v) is 1.70. The van der Waals surface area contributed by atoms with Gasteiger partial charge >= 0.3 is 0 Å². The molecule has 0 aromatic heterocycles. The van der Waals surface area contributed by atoms with Gasteiger partial charge in [0.1, 0.15) is 5.82 Å². The van der Waals surface area contributed by atoms with Gasteiger partial charge in [0.25, 0.3) is 0 Å². The quantitative estimate of drug-likeness (QED) is 0.451. The Morgan fingerprint density at radius 2 is 2.16 bits per heavy atom. The number of benzene rings is 1. The van der Waals surface area contributed by atoms with E-state index in [0.717, 1.165) is 32.5 Å². The minimum absolute atomic E-state index is 0.193. The average Bonchev–Trinajstić information content (AvgIpc) is 2.41. The van der Waals surface area contributed by atoms with E-state index >= 15 is 0 Å². The van der Waals surface area contributed by atoms with E-state index in [1.807, 2.05) is 18.0 Å². The summed E-state index contributed by atoms with van der Waals surface area (Å²) in [6, 6.07) is 6.78. The highest BCUT2D eigenvalue weighted by atomic mass is 19.1. The van der Waals surface area contributed by atoms with Gasteiger partial charge in [-0.2, -0.15) is 0 Å². The number of guanidine groups is 1. The molecule has 0 saturated heterocycles. The highest BCUT2D eigenvalue weighted by molar-refractivity contribution is 5.77. The molecule has 0 aliphatic carbocycles. The van der Waals surface area contributed by atoms with Crippen molar-refractivity contribution in [2.45, 2.75) is 19.8 Å². The predicted octanol–water partition coefficient (Wildman–Crippen LogP) is 1.97. The van der Waals surface area contributed by atoms with E-state index in [1.165, 1.54) is 6.07 Å². The first-order valence-electron chi connectivity index (χ1n) is 6.64. The highest BCUT2D eigenvalue weighted by Crippen LogP contribution is 2.16. The van der Waals surface area contributed by atoms with Crippen molar-refractivity contribution in [3.63, 3.8) is 0 Å². The summed E-state index contributed by atoms with van der Waals surface area (Å²) in [5.74, 6) is 0.289. The monoisotopic (exact) mass is 266 g/mol. The molecule has 4 nitrogen and oxygen atoms in total. The lowest BCUT2D eigenvalue weighted by Gasteiger charge is -2.19. The van der Waals surface area contributed by atoms with Gasteiger partial charge in [0, 0.05) is 26.7 Å². The molecular formula is C14H23FN4. The molecule has 0 saturated carbocycles. The smallest absolute Gasteiger partial charge is 0.188 e. The Morgan fingerprint density at radius 1 is 1.42 bits per heavy atom. The number of hydrogen-bond acceptors (Lipinski definition) is 2. The molecule has 0 spiro atoms. The van der Waals surface area contributed by atoms with Crippen LogP contribution < -0.4 is 16.0 Å². The summed E-state index contributed by atoms with van der Waals surface area (Å²) in [6.45, 7) is 4.29. The van der Waals surface area contributed by atoms with Crippen LogP contribution >= 0.6 is 0 Å². The number of anilines is 1. The van der Waals surface area contributed by atoms with Crippen LogP contribution in [-0.4, -0.2) is 32.6 Å². The van der Waals surface area contributed by atoms with Gasteiger partial charge in [-0.3, -0.25) is 4.99 Å². The molecule has 0 radical (unpaired) electrons. The Bertz CT molecular complexity index is 406.